The zero-order valence-electron chi connectivity index (χ0n) is 18.7. The first-order valence-corrected chi connectivity index (χ1v) is 12.3. The molecule has 1 saturated heterocycles. The normalized spacial score (nSPS) is 16.9. The van der Waals surface area contributed by atoms with Crippen molar-refractivity contribution >= 4 is 29.7 Å². The molecule has 2 N–H and O–H groups in total. The lowest BCUT2D eigenvalue weighted by molar-refractivity contribution is -0.141. The smallest absolute Gasteiger partial charge is 0.407 e. The van der Waals surface area contributed by atoms with Gasteiger partial charge in [0.1, 0.15) is 12.6 Å². The number of carboxylic acid groups (broad SMARTS) is 1. The number of thioether (sulfide) groups is 1. The first-order chi connectivity index (χ1) is 17.0. The summed E-state index contributed by atoms with van der Waals surface area (Å²) < 4.78 is 10.8. The summed E-state index contributed by atoms with van der Waals surface area (Å²) in [5, 5.41) is 12.1. The third-order valence-electron chi connectivity index (χ3n) is 6.25. The summed E-state index contributed by atoms with van der Waals surface area (Å²) in [5.74, 6) is -0.568. The van der Waals surface area contributed by atoms with Gasteiger partial charge in [-0.25, -0.2) is 14.6 Å². The fourth-order valence-corrected chi connectivity index (χ4v) is 5.60. The van der Waals surface area contributed by atoms with E-state index in [1.165, 1.54) is 16.7 Å². The topological polar surface area (TPSA) is 122 Å². The number of fused-ring (bicyclic) bond motifs is 3. The first-order valence-electron chi connectivity index (χ1n) is 11.2. The maximum absolute atomic E-state index is 13.0. The van der Waals surface area contributed by atoms with Crippen LogP contribution in [0.5, 0.6) is 0 Å². The third kappa shape index (κ3) is 4.49. The van der Waals surface area contributed by atoms with Gasteiger partial charge in [0.25, 0.3) is 5.91 Å². The van der Waals surface area contributed by atoms with Crippen LogP contribution in [0.15, 0.2) is 59.3 Å². The summed E-state index contributed by atoms with van der Waals surface area (Å²) >= 11 is 1.48. The molecule has 2 aliphatic rings. The maximum atomic E-state index is 13.0. The third-order valence-corrected chi connectivity index (χ3v) is 7.28. The van der Waals surface area contributed by atoms with Gasteiger partial charge >= 0.3 is 12.1 Å². The predicted molar refractivity (Wildman–Crippen MR) is 128 cm³/mol. The number of benzene rings is 2. The lowest BCUT2D eigenvalue weighted by atomic mass is 9.98. The fourth-order valence-electron chi connectivity index (χ4n) is 4.56. The summed E-state index contributed by atoms with van der Waals surface area (Å²) in [7, 11) is 0. The number of carbonyl (C=O) groups is 3. The average Bonchev–Trinajstić information content (AvgIpc) is 3.48. The Morgan fingerprint density at radius 2 is 1.80 bits per heavy atom. The highest BCUT2D eigenvalue weighted by Gasteiger charge is 2.35. The van der Waals surface area contributed by atoms with Crippen LogP contribution in [0.25, 0.3) is 11.1 Å². The average molecular weight is 494 g/mol. The highest BCUT2D eigenvalue weighted by molar-refractivity contribution is 7.99. The van der Waals surface area contributed by atoms with Crippen LogP contribution < -0.4 is 5.32 Å². The van der Waals surface area contributed by atoms with Gasteiger partial charge in [-0.3, -0.25) is 4.79 Å². The zero-order chi connectivity index (χ0) is 24.4. The number of rotatable bonds is 6. The molecule has 180 valence electrons. The van der Waals surface area contributed by atoms with Gasteiger partial charge in [-0.05, 0) is 22.3 Å². The van der Waals surface area contributed by atoms with E-state index in [4.69, 9.17) is 9.15 Å². The lowest BCUT2D eigenvalue weighted by Gasteiger charge is -2.32. The van der Waals surface area contributed by atoms with Gasteiger partial charge in [-0.15, -0.1) is 0 Å². The van der Waals surface area contributed by atoms with Crippen molar-refractivity contribution in [2.45, 2.75) is 18.5 Å². The molecule has 5 rings (SSSR count). The Balaban J connectivity index is 1.21. The van der Waals surface area contributed by atoms with Gasteiger partial charge in [0.15, 0.2) is 17.8 Å². The Bertz CT molecular complexity index is 1230. The molecule has 2 amide bonds. The number of nitrogens with one attached hydrogen (secondary N) is 1. The molecule has 1 aromatic heterocycles. The van der Waals surface area contributed by atoms with E-state index in [9.17, 15) is 19.5 Å². The minimum absolute atomic E-state index is 0.0119. The van der Waals surface area contributed by atoms with Crippen molar-refractivity contribution in [2.24, 2.45) is 0 Å². The molecule has 3 aromatic rings. The summed E-state index contributed by atoms with van der Waals surface area (Å²) in [6.07, 6.45) is 0.454. The van der Waals surface area contributed by atoms with E-state index in [-0.39, 0.29) is 30.5 Å². The van der Waals surface area contributed by atoms with Gasteiger partial charge in [-0.1, -0.05) is 48.5 Å². The molecule has 1 fully saturated rings. The summed E-state index contributed by atoms with van der Waals surface area (Å²) in [5.41, 5.74) is 4.48. The summed E-state index contributed by atoms with van der Waals surface area (Å²) in [6.45, 7) is 0.346. The quantitative estimate of drug-likeness (QED) is 0.536. The van der Waals surface area contributed by atoms with Gasteiger partial charge in [0, 0.05) is 24.0 Å². The SMILES string of the molecule is O=C(NCc1ocnc1C(=O)N1CCSCC1C(=O)O)OCC1c2ccccc2-c2ccccc21. The lowest BCUT2D eigenvalue weighted by Crippen LogP contribution is -2.50. The molecule has 1 aliphatic carbocycles. The van der Waals surface area contributed by atoms with E-state index in [1.54, 1.807) is 0 Å². The van der Waals surface area contributed by atoms with E-state index in [0.29, 0.717) is 18.1 Å². The number of amides is 2. The highest BCUT2D eigenvalue weighted by atomic mass is 32.2. The van der Waals surface area contributed by atoms with Crippen molar-refractivity contribution in [1.29, 1.82) is 0 Å². The van der Waals surface area contributed by atoms with Crippen LogP contribution in [0.1, 0.15) is 33.3 Å². The largest absolute Gasteiger partial charge is 0.480 e. The Kier molecular flexibility index (Phi) is 6.45. The van der Waals surface area contributed by atoms with Crippen molar-refractivity contribution < 1.29 is 28.6 Å². The monoisotopic (exact) mass is 493 g/mol. The van der Waals surface area contributed by atoms with E-state index in [1.807, 2.05) is 36.4 Å². The van der Waals surface area contributed by atoms with Crippen LogP contribution in [0.2, 0.25) is 0 Å². The number of oxazole rings is 1. The van der Waals surface area contributed by atoms with Gasteiger partial charge in [0.05, 0.1) is 6.54 Å². The number of carboxylic acids is 1. The van der Waals surface area contributed by atoms with Crippen molar-refractivity contribution in [2.75, 3.05) is 24.7 Å². The van der Waals surface area contributed by atoms with Crippen LogP contribution in [0, 0.1) is 0 Å². The van der Waals surface area contributed by atoms with Crippen molar-refractivity contribution in [3.63, 3.8) is 0 Å². The highest BCUT2D eigenvalue weighted by Crippen LogP contribution is 2.44. The number of aromatic nitrogens is 1. The molecular formula is C25H23N3O6S. The van der Waals surface area contributed by atoms with E-state index >= 15 is 0 Å². The van der Waals surface area contributed by atoms with Crippen LogP contribution >= 0.6 is 11.8 Å². The van der Waals surface area contributed by atoms with Crippen LogP contribution in [-0.2, 0) is 16.1 Å². The molecule has 10 heteroatoms. The molecule has 0 spiro atoms. The zero-order valence-corrected chi connectivity index (χ0v) is 19.5. The second-order valence-corrected chi connectivity index (χ2v) is 9.38. The Labute approximate surface area is 205 Å². The minimum atomic E-state index is -1.06. The van der Waals surface area contributed by atoms with Gasteiger partial charge < -0.3 is 24.5 Å². The molecule has 2 heterocycles. The van der Waals surface area contributed by atoms with Gasteiger partial charge in [-0.2, -0.15) is 11.8 Å². The number of alkyl carbamates (subject to hydrolysis) is 1. The Hall–Kier alpha value is -3.79. The van der Waals surface area contributed by atoms with E-state index in [0.717, 1.165) is 28.6 Å². The Morgan fingerprint density at radius 1 is 1.11 bits per heavy atom. The van der Waals surface area contributed by atoms with Gasteiger partial charge in [0.2, 0.25) is 0 Å². The predicted octanol–water partition coefficient (Wildman–Crippen LogP) is 3.36. The number of nitrogens with zero attached hydrogens (tertiary/aromatic N) is 2. The molecule has 2 aromatic carbocycles. The van der Waals surface area contributed by atoms with Crippen LogP contribution in [-0.4, -0.2) is 63.7 Å². The maximum Gasteiger partial charge on any atom is 0.407 e. The van der Waals surface area contributed by atoms with Crippen molar-refractivity contribution in [3.8, 4) is 11.1 Å². The fraction of sp³-hybridized carbons (Fsp3) is 0.280. The number of hydrogen-bond donors (Lipinski definition) is 2. The summed E-state index contributed by atoms with van der Waals surface area (Å²) in [6, 6.07) is 15.2. The van der Waals surface area contributed by atoms with Crippen LogP contribution in [0.3, 0.4) is 0 Å². The summed E-state index contributed by atoms with van der Waals surface area (Å²) in [4.78, 5) is 42.2. The molecule has 0 radical (unpaired) electrons. The molecular weight excluding hydrogens is 470 g/mol. The number of aliphatic carboxylic acids is 1. The van der Waals surface area contributed by atoms with E-state index in [2.05, 4.69) is 22.4 Å². The minimum Gasteiger partial charge on any atom is -0.480 e. The first kappa shape index (κ1) is 23.0. The van der Waals surface area contributed by atoms with Crippen molar-refractivity contribution in [3.05, 3.63) is 77.5 Å². The second-order valence-electron chi connectivity index (χ2n) is 8.23. The molecule has 1 aliphatic heterocycles. The van der Waals surface area contributed by atoms with Crippen LogP contribution in [0.4, 0.5) is 4.79 Å². The molecule has 1 atom stereocenters. The molecule has 0 saturated carbocycles. The molecule has 0 bridgehead atoms. The molecule has 35 heavy (non-hydrogen) atoms. The standard InChI is InChI=1S/C25H23N3O6S/c29-23(28-9-10-35-13-20(28)24(30)31)22-21(34-14-27-22)11-26-25(32)33-12-19-17-7-3-1-5-15(17)16-6-2-4-8-18(16)19/h1-8,14,19-20H,9-13H2,(H,26,32)(H,30,31). The Morgan fingerprint density at radius 3 is 2.49 bits per heavy atom. The molecule has 9 nitrogen and oxygen atoms in total. The molecule has 1 unspecified atom stereocenters. The second kappa shape index (κ2) is 9.83. The van der Waals surface area contributed by atoms with Crippen molar-refractivity contribution in [1.82, 2.24) is 15.2 Å². The number of hydrogen-bond acceptors (Lipinski definition) is 7. The van der Waals surface area contributed by atoms with E-state index < -0.39 is 24.0 Å². The number of carbonyl (C=O) groups excluding carboxylic acids is 2. The number of ether oxygens (including phenoxy) is 1.